The molecule has 148 valence electrons. The van der Waals surface area contributed by atoms with Gasteiger partial charge < -0.3 is 10.1 Å². The summed E-state index contributed by atoms with van der Waals surface area (Å²) in [6, 6.07) is 8.10. The van der Waals surface area contributed by atoms with Gasteiger partial charge in [-0.2, -0.15) is 0 Å². The summed E-state index contributed by atoms with van der Waals surface area (Å²) in [5, 5.41) is 5.44. The van der Waals surface area contributed by atoms with Crippen molar-refractivity contribution in [3.8, 4) is 11.1 Å². The fourth-order valence-corrected chi connectivity index (χ4v) is 3.84. The molecule has 0 saturated heterocycles. The van der Waals surface area contributed by atoms with Crippen molar-refractivity contribution in [1.29, 1.82) is 0 Å². The minimum atomic E-state index is -0.106. The van der Waals surface area contributed by atoms with Gasteiger partial charge in [-0.1, -0.05) is 29.8 Å². The molecule has 0 saturated carbocycles. The van der Waals surface area contributed by atoms with Crippen molar-refractivity contribution in [2.45, 2.75) is 33.2 Å². The number of nitrogens with one attached hydrogen (secondary N) is 1. The van der Waals surface area contributed by atoms with Gasteiger partial charge in [-0.3, -0.25) is 14.2 Å². The van der Waals surface area contributed by atoms with Gasteiger partial charge in [0.1, 0.15) is 4.83 Å². The molecule has 6 nitrogen and oxygen atoms in total. The minimum Gasteiger partial charge on any atom is -0.382 e. The van der Waals surface area contributed by atoms with Crippen molar-refractivity contribution in [1.82, 2.24) is 14.9 Å². The number of thiophene rings is 1. The maximum Gasteiger partial charge on any atom is 0.262 e. The molecule has 0 aliphatic carbocycles. The molecule has 0 spiro atoms. The Labute approximate surface area is 168 Å². The largest absolute Gasteiger partial charge is 0.382 e. The first kappa shape index (κ1) is 20.2. The zero-order chi connectivity index (χ0) is 19.9. The highest BCUT2D eigenvalue weighted by molar-refractivity contribution is 7.17. The van der Waals surface area contributed by atoms with Crippen LogP contribution in [0, 0.1) is 6.92 Å². The number of rotatable bonds is 9. The van der Waals surface area contributed by atoms with Crippen molar-refractivity contribution in [3.05, 3.63) is 51.9 Å². The van der Waals surface area contributed by atoms with Crippen LogP contribution in [-0.2, 0) is 16.1 Å². The summed E-state index contributed by atoms with van der Waals surface area (Å²) in [6.07, 6.45) is 2.55. The SMILES string of the molecule is CCOCCCNC(=O)CCn1cnc2scc(-c3ccc(C)cc3)c2c1=O. The molecule has 7 heteroatoms. The second-order valence-electron chi connectivity index (χ2n) is 6.59. The fraction of sp³-hybridized carbons (Fsp3) is 0.381. The molecule has 1 amide bonds. The topological polar surface area (TPSA) is 73.2 Å². The third-order valence-electron chi connectivity index (χ3n) is 4.49. The van der Waals surface area contributed by atoms with Crippen LogP contribution in [0.3, 0.4) is 0 Å². The van der Waals surface area contributed by atoms with E-state index >= 15 is 0 Å². The van der Waals surface area contributed by atoms with E-state index in [-0.39, 0.29) is 17.9 Å². The summed E-state index contributed by atoms with van der Waals surface area (Å²) in [6.45, 7) is 6.18. The molecule has 3 aromatic rings. The van der Waals surface area contributed by atoms with Crippen molar-refractivity contribution < 1.29 is 9.53 Å². The number of hydrogen-bond donors (Lipinski definition) is 1. The molecule has 0 atom stereocenters. The van der Waals surface area contributed by atoms with Gasteiger partial charge in [-0.05, 0) is 25.8 Å². The van der Waals surface area contributed by atoms with Crippen LogP contribution in [0.5, 0.6) is 0 Å². The van der Waals surface area contributed by atoms with E-state index < -0.39 is 0 Å². The standard InChI is InChI=1S/C21H25N3O3S/c1-3-27-12-4-10-22-18(25)9-11-24-14-23-20-19(21(24)26)17(13-28-20)16-7-5-15(2)6-8-16/h5-8,13-14H,3-4,9-12H2,1-2H3,(H,22,25). The Hall–Kier alpha value is -2.51. The zero-order valence-corrected chi connectivity index (χ0v) is 17.1. The van der Waals surface area contributed by atoms with Crippen LogP contribution in [0.25, 0.3) is 21.3 Å². The van der Waals surface area contributed by atoms with E-state index in [0.717, 1.165) is 22.4 Å². The number of hydrogen-bond acceptors (Lipinski definition) is 5. The second kappa shape index (κ2) is 9.61. The van der Waals surface area contributed by atoms with Crippen LogP contribution in [0.4, 0.5) is 0 Å². The Morgan fingerprint density at radius 2 is 2.07 bits per heavy atom. The third kappa shape index (κ3) is 4.85. The highest BCUT2D eigenvalue weighted by atomic mass is 32.1. The smallest absolute Gasteiger partial charge is 0.262 e. The number of fused-ring (bicyclic) bond motifs is 1. The van der Waals surface area contributed by atoms with Gasteiger partial charge in [-0.15, -0.1) is 11.3 Å². The molecule has 3 rings (SSSR count). The maximum atomic E-state index is 13.0. The van der Waals surface area contributed by atoms with Crippen molar-refractivity contribution in [3.63, 3.8) is 0 Å². The number of amides is 1. The van der Waals surface area contributed by atoms with Crippen LogP contribution in [0.1, 0.15) is 25.3 Å². The molecular formula is C21H25N3O3S. The van der Waals surface area contributed by atoms with Crippen molar-refractivity contribution in [2.75, 3.05) is 19.8 Å². The van der Waals surface area contributed by atoms with Gasteiger partial charge in [0.2, 0.25) is 5.91 Å². The molecule has 0 unspecified atom stereocenters. The Kier molecular flexibility index (Phi) is 6.95. The Bertz CT molecular complexity index is 992. The number of carbonyl (C=O) groups is 1. The minimum absolute atomic E-state index is 0.0763. The summed E-state index contributed by atoms with van der Waals surface area (Å²) in [5.74, 6) is -0.0763. The predicted molar refractivity (Wildman–Crippen MR) is 113 cm³/mol. The first-order valence-electron chi connectivity index (χ1n) is 9.48. The number of carbonyl (C=O) groups excluding carboxylic acids is 1. The molecular weight excluding hydrogens is 374 g/mol. The molecule has 2 heterocycles. The van der Waals surface area contributed by atoms with Gasteiger partial charge >= 0.3 is 0 Å². The predicted octanol–water partition coefficient (Wildman–Crippen LogP) is 3.37. The van der Waals surface area contributed by atoms with Gasteiger partial charge in [0.05, 0.1) is 11.7 Å². The average molecular weight is 400 g/mol. The maximum absolute atomic E-state index is 13.0. The van der Waals surface area contributed by atoms with E-state index in [4.69, 9.17) is 4.74 Å². The van der Waals surface area contributed by atoms with E-state index in [0.29, 0.717) is 31.7 Å². The number of benzene rings is 1. The lowest BCUT2D eigenvalue weighted by atomic mass is 10.1. The average Bonchev–Trinajstić information content (AvgIpc) is 3.13. The Morgan fingerprint density at radius 1 is 1.29 bits per heavy atom. The number of aromatic nitrogens is 2. The lowest BCUT2D eigenvalue weighted by Crippen LogP contribution is -2.28. The summed E-state index contributed by atoms with van der Waals surface area (Å²) < 4.78 is 6.76. The molecule has 2 aromatic heterocycles. The lowest BCUT2D eigenvalue weighted by molar-refractivity contribution is -0.121. The van der Waals surface area contributed by atoms with Crippen LogP contribution >= 0.6 is 11.3 Å². The van der Waals surface area contributed by atoms with Gasteiger partial charge in [-0.25, -0.2) is 4.98 Å². The number of nitrogens with zero attached hydrogens (tertiary/aromatic N) is 2. The summed E-state index contributed by atoms with van der Waals surface area (Å²) in [5.41, 5.74) is 2.96. The summed E-state index contributed by atoms with van der Waals surface area (Å²) in [4.78, 5) is 30.1. The molecule has 1 aromatic carbocycles. The number of aryl methyl sites for hydroxylation is 2. The second-order valence-corrected chi connectivity index (χ2v) is 7.45. The molecule has 28 heavy (non-hydrogen) atoms. The first-order chi connectivity index (χ1) is 13.6. The highest BCUT2D eigenvalue weighted by Crippen LogP contribution is 2.30. The highest BCUT2D eigenvalue weighted by Gasteiger charge is 2.13. The molecule has 0 fully saturated rings. The number of ether oxygens (including phenoxy) is 1. The summed E-state index contributed by atoms with van der Waals surface area (Å²) >= 11 is 1.46. The van der Waals surface area contributed by atoms with Gasteiger partial charge in [0.15, 0.2) is 0 Å². The van der Waals surface area contributed by atoms with E-state index in [1.165, 1.54) is 27.8 Å². The van der Waals surface area contributed by atoms with Crippen LogP contribution in [0.15, 0.2) is 40.8 Å². The van der Waals surface area contributed by atoms with Crippen LogP contribution < -0.4 is 10.9 Å². The Balaban J connectivity index is 1.70. The van der Waals surface area contributed by atoms with Crippen molar-refractivity contribution >= 4 is 27.5 Å². The Morgan fingerprint density at radius 3 is 2.82 bits per heavy atom. The first-order valence-corrected chi connectivity index (χ1v) is 10.4. The molecule has 0 aliphatic rings. The van der Waals surface area contributed by atoms with E-state index in [1.54, 1.807) is 0 Å². The third-order valence-corrected chi connectivity index (χ3v) is 5.38. The summed E-state index contributed by atoms with van der Waals surface area (Å²) in [7, 11) is 0. The fourth-order valence-electron chi connectivity index (χ4n) is 2.93. The molecule has 0 radical (unpaired) electrons. The normalized spacial score (nSPS) is 11.1. The van der Waals surface area contributed by atoms with E-state index in [1.807, 2.05) is 43.5 Å². The van der Waals surface area contributed by atoms with Crippen LogP contribution in [-0.4, -0.2) is 35.2 Å². The zero-order valence-electron chi connectivity index (χ0n) is 16.2. The van der Waals surface area contributed by atoms with Crippen molar-refractivity contribution in [2.24, 2.45) is 0 Å². The lowest BCUT2D eigenvalue weighted by Gasteiger charge is -2.08. The van der Waals surface area contributed by atoms with Gasteiger partial charge in [0.25, 0.3) is 5.56 Å². The monoisotopic (exact) mass is 399 g/mol. The van der Waals surface area contributed by atoms with Crippen LogP contribution in [0.2, 0.25) is 0 Å². The quantitative estimate of drug-likeness (QED) is 0.560. The van der Waals surface area contributed by atoms with Gasteiger partial charge in [0, 0.05) is 43.7 Å². The molecule has 1 N–H and O–H groups in total. The molecule has 0 bridgehead atoms. The van der Waals surface area contributed by atoms with E-state index in [9.17, 15) is 9.59 Å². The molecule has 0 aliphatic heterocycles. The van der Waals surface area contributed by atoms with E-state index in [2.05, 4.69) is 10.3 Å².